The summed E-state index contributed by atoms with van der Waals surface area (Å²) in [6.07, 6.45) is 15.7. The number of hydrogen-bond acceptors (Lipinski definition) is 5. The summed E-state index contributed by atoms with van der Waals surface area (Å²) in [6, 6.07) is 14.0. The van der Waals surface area contributed by atoms with Crippen molar-refractivity contribution in [3.05, 3.63) is 69.9 Å². The molecule has 0 bridgehead atoms. The van der Waals surface area contributed by atoms with Crippen molar-refractivity contribution in [2.45, 2.75) is 84.0 Å². The van der Waals surface area contributed by atoms with E-state index < -0.39 is 11.4 Å². The molecule has 182 valence electrons. The standard InChI is InChI=1S/C29H37NO4/c1-2-3-4-5-6-7-8-9-10-11-12-13-22-33-26-18-16-25(17-19-26)29(32)34-28-21-15-24(23-30)14-20-27(28)31/h14-21H,2-13,22H2,1H3. The van der Waals surface area contributed by atoms with Crippen LogP contribution in [-0.2, 0) is 0 Å². The van der Waals surface area contributed by atoms with Crippen LogP contribution in [0.1, 0.15) is 99.9 Å². The summed E-state index contributed by atoms with van der Waals surface area (Å²) in [5.74, 6) is -0.0398. The Kier molecular flexibility index (Phi) is 13.1. The molecule has 0 aromatic heterocycles. The van der Waals surface area contributed by atoms with E-state index >= 15 is 0 Å². The quantitative estimate of drug-likeness (QED) is 0.194. The molecule has 2 aromatic carbocycles. The van der Waals surface area contributed by atoms with E-state index in [4.69, 9.17) is 14.7 Å². The average molecular weight is 464 g/mol. The molecule has 2 aromatic rings. The lowest BCUT2D eigenvalue weighted by molar-refractivity contribution is 0.0733. The van der Waals surface area contributed by atoms with Crippen molar-refractivity contribution < 1.29 is 14.3 Å². The van der Waals surface area contributed by atoms with E-state index in [0.29, 0.717) is 23.5 Å². The normalized spacial score (nSPS) is 10.5. The van der Waals surface area contributed by atoms with E-state index in [2.05, 4.69) is 6.92 Å². The molecular formula is C29H37NO4. The highest BCUT2D eigenvalue weighted by Crippen LogP contribution is 2.16. The van der Waals surface area contributed by atoms with Crippen molar-refractivity contribution >= 4 is 5.97 Å². The van der Waals surface area contributed by atoms with Crippen LogP contribution >= 0.6 is 0 Å². The third-order valence-corrected chi connectivity index (χ3v) is 5.76. The Morgan fingerprint density at radius 3 is 1.91 bits per heavy atom. The van der Waals surface area contributed by atoms with Crippen molar-refractivity contribution in [2.75, 3.05) is 6.61 Å². The summed E-state index contributed by atoms with van der Waals surface area (Å²) < 4.78 is 11.0. The van der Waals surface area contributed by atoms with Gasteiger partial charge in [0.2, 0.25) is 5.43 Å². The van der Waals surface area contributed by atoms with Crippen LogP contribution in [0.15, 0.2) is 53.3 Å². The monoisotopic (exact) mass is 463 g/mol. The lowest BCUT2D eigenvalue weighted by atomic mass is 10.1. The fraction of sp³-hybridized carbons (Fsp3) is 0.483. The van der Waals surface area contributed by atoms with Crippen molar-refractivity contribution in [1.82, 2.24) is 0 Å². The maximum atomic E-state index is 12.4. The van der Waals surface area contributed by atoms with Gasteiger partial charge in [0.1, 0.15) is 5.75 Å². The van der Waals surface area contributed by atoms with Gasteiger partial charge in [-0.05, 0) is 55.0 Å². The van der Waals surface area contributed by atoms with Crippen LogP contribution < -0.4 is 14.9 Å². The molecule has 5 heteroatoms. The Hall–Kier alpha value is -3.13. The van der Waals surface area contributed by atoms with Gasteiger partial charge < -0.3 is 9.47 Å². The van der Waals surface area contributed by atoms with Gasteiger partial charge in [-0.15, -0.1) is 0 Å². The van der Waals surface area contributed by atoms with Gasteiger partial charge in [0.15, 0.2) is 5.75 Å². The van der Waals surface area contributed by atoms with Gasteiger partial charge in [0.25, 0.3) is 0 Å². The molecule has 0 amide bonds. The number of nitriles is 1. The highest BCUT2D eigenvalue weighted by atomic mass is 16.5. The average Bonchev–Trinajstić information content (AvgIpc) is 3.03. The number of nitrogens with zero attached hydrogens (tertiary/aromatic N) is 1. The number of unbranched alkanes of at least 4 members (excludes halogenated alkanes) is 11. The summed E-state index contributed by atoms with van der Waals surface area (Å²) in [5, 5.41) is 8.92. The van der Waals surface area contributed by atoms with E-state index in [-0.39, 0.29) is 5.75 Å². The van der Waals surface area contributed by atoms with Crippen molar-refractivity contribution in [3.63, 3.8) is 0 Å². The Balaban J connectivity index is 1.61. The van der Waals surface area contributed by atoms with Gasteiger partial charge in [0, 0.05) is 0 Å². The first-order valence-electron chi connectivity index (χ1n) is 12.6. The molecule has 34 heavy (non-hydrogen) atoms. The maximum absolute atomic E-state index is 12.4. The molecule has 0 radical (unpaired) electrons. The predicted molar refractivity (Wildman–Crippen MR) is 135 cm³/mol. The van der Waals surface area contributed by atoms with Gasteiger partial charge >= 0.3 is 5.97 Å². The number of esters is 1. The third kappa shape index (κ3) is 10.7. The molecular weight excluding hydrogens is 426 g/mol. The SMILES string of the molecule is CCCCCCCCCCCCCCOc1ccc(C(=O)Oc2ccc(C#N)ccc2=O)cc1. The maximum Gasteiger partial charge on any atom is 0.343 e. The second-order valence-corrected chi connectivity index (χ2v) is 8.61. The lowest BCUT2D eigenvalue weighted by Crippen LogP contribution is -2.13. The van der Waals surface area contributed by atoms with Gasteiger partial charge in [-0.3, -0.25) is 4.79 Å². The fourth-order valence-corrected chi connectivity index (χ4v) is 3.69. The molecule has 0 atom stereocenters. The molecule has 0 saturated heterocycles. The summed E-state index contributed by atoms with van der Waals surface area (Å²) in [7, 11) is 0. The number of hydrogen-bond donors (Lipinski definition) is 0. The second-order valence-electron chi connectivity index (χ2n) is 8.61. The van der Waals surface area contributed by atoms with Crippen LogP contribution in [0.25, 0.3) is 0 Å². The molecule has 0 N–H and O–H groups in total. The van der Waals surface area contributed by atoms with Crippen LogP contribution in [0.3, 0.4) is 0 Å². The van der Waals surface area contributed by atoms with Crippen LogP contribution in [0.5, 0.6) is 11.5 Å². The molecule has 0 aliphatic heterocycles. The molecule has 0 spiro atoms. The van der Waals surface area contributed by atoms with Crippen LogP contribution in [0.2, 0.25) is 0 Å². The molecule has 0 aliphatic rings. The van der Waals surface area contributed by atoms with Crippen molar-refractivity contribution in [3.8, 4) is 17.6 Å². The minimum Gasteiger partial charge on any atom is -0.494 e. The zero-order chi connectivity index (χ0) is 24.4. The largest absolute Gasteiger partial charge is 0.494 e. The van der Waals surface area contributed by atoms with Crippen LogP contribution in [-0.4, -0.2) is 12.6 Å². The number of rotatable bonds is 16. The van der Waals surface area contributed by atoms with E-state index in [1.165, 1.54) is 94.9 Å². The zero-order valence-electron chi connectivity index (χ0n) is 20.4. The Bertz CT molecular complexity index is 963. The van der Waals surface area contributed by atoms with E-state index in [0.717, 1.165) is 6.42 Å². The van der Waals surface area contributed by atoms with Gasteiger partial charge in [0.05, 0.1) is 23.8 Å². The number of ether oxygens (including phenoxy) is 2. The minimum atomic E-state index is -0.630. The molecule has 0 fully saturated rings. The molecule has 5 nitrogen and oxygen atoms in total. The molecule has 0 aliphatic carbocycles. The van der Waals surface area contributed by atoms with Gasteiger partial charge in [-0.25, -0.2) is 4.79 Å². The summed E-state index contributed by atoms with van der Waals surface area (Å²) in [6.45, 7) is 2.91. The van der Waals surface area contributed by atoms with Gasteiger partial charge in [-0.2, -0.15) is 5.26 Å². The molecule has 2 rings (SSSR count). The zero-order valence-corrected chi connectivity index (χ0v) is 20.4. The first-order valence-corrected chi connectivity index (χ1v) is 12.6. The summed E-state index contributed by atoms with van der Waals surface area (Å²) in [5.41, 5.74) is 0.176. The Labute approximate surface area is 203 Å². The van der Waals surface area contributed by atoms with E-state index in [9.17, 15) is 9.59 Å². The van der Waals surface area contributed by atoms with E-state index in [1.54, 1.807) is 24.3 Å². The summed E-state index contributed by atoms with van der Waals surface area (Å²) >= 11 is 0. The lowest BCUT2D eigenvalue weighted by Gasteiger charge is -2.07. The van der Waals surface area contributed by atoms with Crippen molar-refractivity contribution in [2.24, 2.45) is 0 Å². The second kappa shape index (κ2) is 16.5. The third-order valence-electron chi connectivity index (χ3n) is 5.76. The first kappa shape index (κ1) is 27.1. The van der Waals surface area contributed by atoms with E-state index in [1.807, 2.05) is 6.07 Å². The van der Waals surface area contributed by atoms with Crippen LogP contribution in [0.4, 0.5) is 0 Å². The summed E-state index contributed by atoms with van der Waals surface area (Å²) in [4.78, 5) is 24.4. The smallest absolute Gasteiger partial charge is 0.343 e. The number of benzene rings is 1. The Morgan fingerprint density at radius 1 is 0.765 bits per heavy atom. The minimum absolute atomic E-state index is 0.112. The number of carbonyl (C=O) groups excluding carboxylic acids is 1. The molecule has 0 saturated carbocycles. The molecule has 0 heterocycles. The van der Waals surface area contributed by atoms with Gasteiger partial charge in [-0.1, -0.05) is 77.6 Å². The predicted octanol–water partition coefficient (Wildman–Crippen LogP) is 7.22. The number of carbonyl (C=O) groups is 1. The Morgan fingerprint density at radius 2 is 1.32 bits per heavy atom. The van der Waals surface area contributed by atoms with Crippen molar-refractivity contribution in [1.29, 1.82) is 5.26 Å². The highest BCUT2D eigenvalue weighted by Gasteiger charge is 2.10. The van der Waals surface area contributed by atoms with Crippen LogP contribution in [0, 0.1) is 11.3 Å². The topological polar surface area (TPSA) is 76.4 Å². The first-order chi connectivity index (χ1) is 16.6. The molecule has 0 unspecified atom stereocenters. The highest BCUT2D eigenvalue weighted by molar-refractivity contribution is 5.91. The fourth-order valence-electron chi connectivity index (χ4n) is 3.69.